The molecule has 2 rings (SSSR count). The number of ether oxygens (including phenoxy) is 1. The lowest BCUT2D eigenvalue weighted by Crippen LogP contribution is -2.07. The smallest absolute Gasteiger partial charge is 0.341 e. The fourth-order valence-electron chi connectivity index (χ4n) is 1.80. The van der Waals surface area contributed by atoms with Crippen LogP contribution in [-0.2, 0) is 18.3 Å². The van der Waals surface area contributed by atoms with Crippen molar-refractivity contribution in [3.8, 4) is 0 Å². The number of nitrogens with zero attached hydrogens (tertiary/aromatic N) is 4. The molecular formula is C13H18N4O2. The van der Waals surface area contributed by atoms with Gasteiger partial charge in [-0.25, -0.2) is 9.78 Å². The molecule has 0 unspecified atom stereocenters. The standard InChI is InChI=1S/C13H18N4O2/c1-11-14-5-7-17(11)6-3-4-8-19-13(18)12-9-15-16(2)10-12/h5,7,9-10H,3-4,6,8H2,1-2H3. The Morgan fingerprint density at radius 1 is 1.42 bits per heavy atom. The van der Waals surface area contributed by atoms with E-state index < -0.39 is 0 Å². The number of esters is 1. The maximum Gasteiger partial charge on any atom is 0.341 e. The Morgan fingerprint density at radius 2 is 2.26 bits per heavy atom. The highest BCUT2D eigenvalue weighted by molar-refractivity contribution is 5.88. The summed E-state index contributed by atoms with van der Waals surface area (Å²) in [7, 11) is 1.77. The molecule has 0 aliphatic heterocycles. The fraction of sp³-hybridized carbons (Fsp3) is 0.462. The Bertz CT molecular complexity index is 544. The minimum absolute atomic E-state index is 0.313. The van der Waals surface area contributed by atoms with Crippen LogP contribution in [0.4, 0.5) is 0 Å². The van der Waals surface area contributed by atoms with Gasteiger partial charge in [0.2, 0.25) is 0 Å². The maximum atomic E-state index is 11.6. The molecule has 0 N–H and O–H groups in total. The van der Waals surface area contributed by atoms with Gasteiger partial charge in [-0.05, 0) is 19.8 Å². The van der Waals surface area contributed by atoms with Crippen LogP contribution in [0.1, 0.15) is 29.0 Å². The second-order valence-electron chi connectivity index (χ2n) is 4.41. The molecule has 0 amide bonds. The van der Waals surface area contributed by atoms with Crippen molar-refractivity contribution in [1.29, 1.82) is 0 Å². The summed E-state index contributed by atoms with van der Waals surface area (Å²) in [4.78, 5) is 15.8. The first kappa shape index (κ1) is 13.3. The van der Waals surface area contributed by atoms with E-state index in [1.807, 2.05) is 13.1 Å². The number of aryl methyl sites for hydroxylation is 3. The predicted octanol–water partition coefficient (Wildman–Crippen LogP) is 1.56. The van der Waals surface area contributed by atoms with Crippen LogP contribution < -0.4 is 0 Å². The second-order valence-corrected chi connectivity index (χ2v) is 4.41. The second kappa shape index (κ2) is 6.17. The van der Waals surface area contributed by atoms with E-state index >= 15 is 0 Å². The van der Waals surface area contributed by atoms with E-state index in [4.69, 9.17) is 4.74 Å². The molecule has 0 aliphatic rings. The summed E-state index contributed by atoms with van der Waals surface area (Å²) in [6.45, 7) is 3.31. The normalized spacial score (nSPS) is 10.6. The topological polar surface area (TPSA) is 61.9 Å². The molecule has 0 atom stereocenters. The first-order valence-corrected chi connectivity index (χ1v) is 6.30. The minimum Gasteiger partial charge on any atom is -0.462 e. The molecule has 6 heteroatoms. The van der Waals surface area contributed by atoms with E-state index in [9.17, 15) is 4.79 Å². The Balaban J connectivity index is 1.64. The number of hydrogen-bond acceptors (Lipinski definition) is 4. The predicted molar refractivity (Wildman–Crippen MR) is 69.7 cm³/mol. The summed E-state index contributed by atoms with van der Waals surface area (Å²) in [5.41, 5.74) is 0.493. The molecule has 6 nitrogen and oxygen atoms in total. The summed E-state index contributed by atoms with van der Waals surface area (Å²) < 4.78 is 8.84. The van der Waals surface area contributed by atoms with Crippen LogP contribution in [0.2, 0.25) is 0 Å². The fourth-order valence-corrected chi connectivity index (χ4v) is 1.80. The first-order valence-electron chi connectivity index (χ1n) is 6.30. The lowest BCUT2D eigenvalue weighted by Gasteiger charge is -2.05. The van der Waals surface area contributed by atoms with E-state index in [1.54, 1.807) is 24.1 Å². The van der Waals surface area contributed by atoms with Crippen LogP contribution in [0.5, 0.6) is 0 Å². The lowest BCUT2D eigenvalue weighted by molar-refractivity contribution is 0.0497. The Morgan fingerprint density at radius 3 is 2.89 bits per heavy atom. The summed E-state index contributed by atoms with van der Waals surface area (Å²) in [6.07, 6.45) is 8.70. The summed E-state index contributed by atoms with van der Waals surface area (Å²) in [6, 6.07) is 0. The number of carbonyl (C=O) groups is 1. The van der Waals surface area contributed by atoms with Crippen molar-refractivity contribution in [1.82, 2.24) is 19.3 Å². The Labute approximate surface area is 112 Å². The third kappa shape index (κ3) is 3.67. The first-order chi connectivity index (χ1) is 9.16. The SMILES string of the molecule is Cc1nccn1CCCCOC(=O)c1cnn(C)c1. The minimum atomic E-state index is -0.313. The molecule has 0 fully saturated rings. The summed E-state index contributed by atoms with van der Waals surface area (Å²) in [5, 5.41) is 3.93. The Kier molecular flexibility index (Phi) is 4.33. The van der Waals surface area contributed by atoms with Gasteiger partial charge in [-0.1, -0.05) is 0 Å². The molecule has 0 saturated heterocycles. The van der Waals surface area contributed by atoms with Crippen LogP contribution in [0.3, 0.4) is 0 Å². The molecule has 2 aromatic rings. The van der Waals surface area contributed by atoms with Gasteiger partial charge in [-0.15, -0.1) is 0 Å². The number of imidazole rings is 1. The molecule has 0 saturated carbocycles. The van der Waals surface area contributed by atoms with Gasteiger partial charge in [0.05, 0.1) is 18.4 Å². The third-order valence-corrected chi connectivity index (χ3v) is 2.89. The van der Waals surface area contributed by atoms with Crippen molar-refractivity contribution in [3.63, 3.8) is 0 Å². The quantitative estimate of drug-likeness (QED) is 0.585. The van der Waals surface area contributed by atoms with Crippen molar-refractivity contribution in [3.05, 3.63) is 36.2 Å². The van der Waals surface area contributed by atoms with Gasteiger partial charge in [0.15, 0.2) is 0 Å². The van der Waals surface area contributed by atoms with Crippen molar-refractivity contribution < 1.29 is 9.53 Å². The lowest BCUT2D eigenvalue weighted by atomic mass is 10.3. The molecule has 0 aliphatic carbocycles. The molecular weight excluding hydrogens is 244 g/mol. The number of hydrogen-bond donors (Lipinski definition) is 0. The largest absolute Gasteiger partial charge is 0.462 e. The van der Waals surface area contributed by atoms with Crippen LogP contribution in [0, 0.1) is 6.92 Å². The molecule has 2 aromatic heterocycles. The van der Waals surface area contributed by atoms with Crippen molar-refractivity contribution in [2.45, 2.75) is 26.3 Å². The highest BCUT2D eigenvalue weighted by Crippen LogP contribution is 2.03. The highest BCUT2D eigenvalue weighted by Gasteiger charge is 2.08. The average Bonchev–Trinajstić information content (AvgIpc) is 2.98. The Hall–Kier alpha value is -2.11. The highest BCUT2D eigenvalue weighted by atomic mass is 16.5. The molecule has 2 heterocycles. The number of unbranched alkanes of at least 4 members (excludes halogenated alkanes) is 1. The van der Waals surface area contributed by atoms with Gasteiger partial charge in [-0.2, -0.15) is 5.10 Å². The van der Waals surface area contributed by atoms with E-state index in [0.717, 1.165) is 25.2 Å². The van der Waals surface area contributed by atoms with Gasteiger partial charge >= 0.3 is 5.97 Å². The number of aromatic nitrogens is 4. The third-order valence-electron chi connectivity index (χ3n) is 2.89. The van der Waals surface area contributed by atoms with Gasteiger partial charge in [-0.3, -0.25) is 4.68 Å². The molecule has 0 bridgehead atoms. The zero-order chi connectivity index (χ0) is 13.7. The van der Waals surface area contributed by atoms with E-state index in [2.05, 4.69) is 14.6 Å². The van der Waals surface area contributed by atoms with E-state index in [0.29, 0.717) is 12.2 Å². The van der Waals surface area contributed by atoms with Crippen molar-refractivity contribution in [2.75, 3.05) is 6.61 Å². The molecule has 102 valence electrons. The van der Waals surface area contributed by atoms with Gasteiger partial charge < -0.3 is 9.30 Å². The van der Waals surface area contributed by atoms with Crippen molar-refractivity contribution >= 4 is 5.97 Å². The molecule has 0 spiro atoms. The van der Waals surface area contributed by atoms with Crippen LogP contribution in [0.15, 0.2) is 24.8 Å². The van der Waals surface area contributed by atoms with Crippen LogP contribution in [0.25, 0.3) is 0 Å². The molecule has 19 heavy (non-hydrogen) atoms. The molecule has 0 radical (unpaired) electrons. The average molecular weight is 262 g/mol. The number of carbonyl (C=O) groups excluding carboxylic acids is 1. The molecule has 0 aromatic carbocycles. The summed E-state index contributed by atoms with van der Waals surface area (Å²) in [5.74, 6) is 0.694. The maximum absolute atomic E-state index is 11.6. The van der Waals surface area contributed by atoms with Gasteiger partial charge in [0.1, 0.15) is 5.82 Å². The zero-order valence-corrected chi connectivity index (χ0v) is 11.2. The zero-order valence-electron chi connectivity index (χ0n) is 11.2. The van der Waals surface area contributed by atoms with E-state index in [-0.39, 0.29) is 5.97 Å². The van der Waals surface area contributed by atoms with Gasteiger partial charge in [0, 0.05) is 32.2 Å². The number of rotatable bonds is 6. The summed E-state index contributed by atoms with van der Waals surface area (Å²) >= 11 is 0. The van der Waals surface area contributed by atoms with Gasteiger partial charge in [0.25, 0.3) is 0 Å². The van der Waals surface area contributed by atoms with Crippen LogP contribution in [-0.4, -0.2) is 31.9 Å². The van der Waals surface area contributed by atoms with Crippen LogP contribution >= 0.6 is 0 Å². The monoisotopic (exact) mass is 262 g/mol. The van der Waals surface area contributed by atoms with E-state index in [1.165, 1.54) is 6.20 Å². The van der Waals surface area contributed by atoms with Crippen molar-refractivity contribution in [2.24, 2.45) is 7.05 Å².